The lowest BCUT2D eigenvalue weighted by molar-refractivity contribution is 0.174. The molecule has 0 aliphatic carbocycles. The van der Waals surface area contributed by atoms with Gasteiger partial charge in [0, 0.05) is 12.0 Å². The predicted octanol–water partition coefficient (Wildman–Crippen LogP) is 1.73. The van der Waals surface area contributed by atoms with Crippen molar-refractivity contribution in [2.75, 3.05) is 13.2 Å². The lowest BCUT2D eigenvalue weighted by atomic mass is 10.0. The fourth-order valence-corrected chi connectivity index (χ4v) is 1.41. The first-order chi connectivity index (χ1) is 7.59. The van der Waals surface area contributed by atoms with Crippen molar-refractivity contribution >= 4 is 0 Å². The molecular weight excluding hydrogens is 202 g/mol. The molecule has 1 atom stereocenters. The summed E-state index contributed by atoms with van der Waals surface area (Å²) < 4.78 is 5.67. The molecule has 16 heavy (non-hydrogen) atoms. The highest BCUT2D eigenvalue weighted by Crippen LogP contribution is 2.19. The molecule has 0 saturated carbocycles. The highest BCUT2D eigenvalue weighted by atomic mass is 16.5. The van der Waals surface area contributed by atoms with Crippen molar-refractivity contribution in [1.82, 2.24) is 0 Å². The summed E-state index contributed by atoms with van der Waals surface area (Å²) in [6, 6.07) is 7.99. The van der Waals surface area contributed by atoms with Crippen LogP contribution in [-0.4, -0.2) is 23.9 Å². The van der Waals surface area contributed by atoms with Crippen molar-refractivity contribution < 1.29 is 9.84 Å². The van der Waals surface area contributed by atoms with E-state index in [1.165, 1.54) is 5.56 Å². The molecule has 1 unspecified atom stereocenters. The SMILES string of the molecule is CCc1ccccc1OCCC(C)(N)CO. The van der Waals surface area contributed by atoms with Gasteiger partial charge < -0.3 is 15.6 Å². The second-order valence-corrected chi connectivity index (χ2v) is 4.37. The third kappa shape index (κ3) is 3.83. The number of hydrogen-bond acceptors (Lipinski definition) is 3. The molecule has 0 bridgehead atoms. The van der Waals surface area contributed by atoms with Crippen molar-refractivity contribution in [2.24, 2.45) is 5.73 Å². The number of benzene rings is 1. The largest absolute Gasteiger partial charge is 0.493 e. The zero-order chi connectivity index (χ0) is 12.0. The lowest BCUT2D eigenvalue weighted by Gasteiger charge is -2.21. The summed E-state index contributed by atoms with van der Waals surface area (Å²) in [4.78, 5) is 0. The van der Waals surface area contributed by atoms with Gasteiger partial charge >= 0.3 is 0 Å². The minimum absolute atomic E-state index is 0.0220. The summed E-state index contributed by atoms with van der Waals surface area (Å²) in [5.41, 5.74) is 6.47. The molecule has 3 nitrogen and oxygen atoms in total. The van der Waals surface area contributed by atoms with Crippen LogP contribution in [0.4, 0.5) is 0 Å². The van der Waals surface area contributed by atoms with Crippen LogP contribution < -0.4 is 10.5 Å². The number of rotatable bonds is 6. The molecule has 0 aromatic heterocycles. The first-order valence-corrected chi connectivity index (χ1v) is 5.69. The Morgan fingerprint density at radius 2 is 2.06 bits per heavy atom. The summed E-state index contributed by atoms with van der Waals surface area (Å²) in [5, 5.41) is 9.01. The average molecular weight is 223 g/mol. The standard InChI is InChI=1S/C13H21NO2/c1-3-11-6-4-5-7-12(11)16-9-8-13(2,14)10-15/h4-7,15H,3,8-10,14H2,1-2H3. The Kier molecular flexibility index (Phi) is 4.77. The lowest BCUT2D eigenvalue weighted by Crippen LogP contribution is -2.41. The van der Waals surface area contributed by atoms with E-state index in [-0.39, 0.29) is 6.61 Å². The highest BCUT2D eigenvalue weighted by Gasteiger charge is 2.16. The van der Waals surface area contributed by atoms with Crippen LogP contribution in [0.5, 0.6) is 5.75 Å². The van der Waals surface area contributed by atoms with Gasteiger partial charge in [0.2, 0.25) is 0 Å². The molecule has 0 fully saturated rings. The van der Waals surface area contributed by atoms with Gasteiger partial charge in [-0.15, -0.1) is 0 Å². The van der Waals surface area contributed by atoms with E-state index in [0.29, 0.717) is 13.0 Å². The Bertz CT molecular complexity index is 323. The second kappa shape index (κ2) is 5.87. The van der Waals surface area contributed by atoms with E-state index in [4.69, 9.17) is 15.6 Å². The van der Waals surface area contributed by atoms with Crippen molar-refractivity contribution in [3.05, 3.63) is 29.8 Å². The molecule has 1 rings (SSSR count). The Morgan fingerprint density at radius 1 is 1.38 bits per heavy atom. The predicted molar refractivity (Wildman–Crippen MR) is 65.6 cm³/mol. The van der Waals surface area contributed by atoms with Gasteiger partial charge in [0.25, 0.3) is 0 Å². The first kappa shape index (κ1) is 13.0. The van der Waals surface area contributed by atoms with Gasteiger partial charge in [0.05, 0.1) is 13.2 Å². The quantitative estimate of drug-likeness (QED) is 0.772. The zero-order valence-electron chi connectivity index (χ0n) is 10.1. The van der Waals surface area contributed by atoms with Crippen LogP contribution in [-0.2, 0) is 6.42 Å². The molecule has 0 saturated heterocycles. The van der Waals surface area contributed by atoms with E-state index in [1.807, 2.05) is 25.1 Å². The third-order valence-electron chi connectivity index (χ3n) is 2.65. The summed E-state index contributed by atoms with van der Waals surface area (Å²) in [7, 11) is 0. The van der Waals surface area contributed by atoms with Gasteiger partial charge in [0.1, 0.15) is 5.75 Å². The molecular formula is C13H21NO2. The van der Waals surface area contributed by atoms with Gasteiger partial charge in [-0.3, -0.25) is 0 Å². The Labute approximate surface area is 97.2 Å². The van der Waals surface area contributed by atoms with E-state index >= 15 is 0 Å². The highest BCUT2D eigenvalue weighted by molar-refractivity contribution is 5.33. The number of hydrogen-bond donors (Lipinski definition) is 2. The van der Waals surface area contributed by atoms with Gasteiger partial charge in [-0.1, -0.05) is 25.1 Å². The molecule has 0 amide bonds. The second-order valence-electron chi connectivity index (χ2n) is 4.37. The van der Waals surface area contributed by atoms with Crippen molar-refractivity contribution in [1.29, 1.82) is 0 Å². The van der Waals surface area contributed by atoms with Crippen LogP contribution in [0.2, 0.25) is 0 Å². The summed E-state index contributed by atoms with van der Waals surface area (Å²) in [5.74, 6) is 0.915. The fourth-order valence-electron chi connectivity index (χ4n) is 1.41. The molecule has 1 aromatic carbocycles. The molecule has 0 aliphatic rings. The maximum Gasteiger partial charge on any atom is 0.122 e. The topological polar surface area (TPSA) is 55.5 Å². The van der Waals surface area contributed by atoms with E-state index in [0.717, 1.165) is 12.2 Å². The van der Waals surface area contributed by atoms with Gasteiger partial charge in [-0.25, -0.2) is 0 Å². The first-order valence-electron chi connectivity index (χ1n) is 5.69. The minimum Gasteiger partial charge on any atom is -0.493 e. The van der Waals surface area contributed by atoms with Crippen molar-refractivity contribution in [3.63, 3.8) is 0 Å². The van der Waals surface area contributed by atoms with Crippen molar-refractivity contribution in [2.45, 2.75) is 32.2 Å². The molecule has 0 heterocycles. The Balaban J connectivity index is 2.49. The molecule has 90 valence electrons. The summed E-state index contributed by atoms with van der Waals surface area (Å²) in [6.07, 6.45) is 1.59. The molecule has 3 N–H and O–H groups in total. The number of nitrogens with two attached hydrogens (primary N) is 1. The van der Waals surface area contributed by atoms with E-state index in [9.17, 15) is 0 Å². The number of aliphatic hydroxyl groups excluding tert-OH is 1. The Hall–Kier alpha value is -1.06. The van der Waals surface area contributed by atoms with Crippen LogP contribution in [0, 0.1) is 0 Å². The maximum absolute atomic E-state index is 9.01. The number of aliphatic hydroxyl groups is 1. The number of para-hydroxylation sites is 1. The molecule has 3 heteroatoms. The van der Waals surface area contributed by atoms with Crippen LogP contribution >= 0.6 is 0 Å². The van der Waals surface area contributed by atoms with Gasteiger partial charge in [0.15, 0.2) is 0 Å². The van der Waals surface area contributed by atoms with E-state index in [2.05, 4.69) is 13.0 Å². The smallest absolute Gasteiger partial charge is 0.122 e. The third-order valence-corrected chi connectivity index (χ3v) is 2.65. The van der Waals surface area contributed by atoms with Gasteiger partial charge in [-0.05, 0) is 25.0 Å². The van der Waals surface area contributed by atoms with Crippen LogP contribution in [0.15, 0.2) is 24.3 Å². The monoisotopic (exact) mass is 223 g/mol. The minimum atomic E-state index is -0.554. The maximum atomic E-state index is 9.01. The molecule has 0 spiro atoms. The van der Waals surface area contributed by atoms with Crippen LogP contribution in [0.3, 0.4) is 0 Å². The van der Waals surface area contributed by atoms with Gasteiger partial charge in [-0.2, -0.15) is 0 Å². The summed E-state index contributed by atoms with van der Waals surface area (Å²) in [6.45, 7) is 4.43. The molecule has 0 radical (unpaired) electrons. The van der Waals surface area contributed by atoms with Crippen LogP contribution in [0.1, 0.15) is 25.8 Å². The summed E-state index contributed by atoms with van der Waals surface area (Å²) >= 11 is 0. The van der Waals surface area contributed by atoms with E-state index in [1.54, 1.807) is 0 Å². The average Bonchev–Trinajstić information content (AvgIpc) is 2.29. The number of aryl methyl sites for hydroxylation is 1. The van der Waals surface area contributed by atoms with Crippen LogP contribution in [0.25, 0.3) is 0 Å². The Morgan fingerprint density at radius 3 is 2.69 bits per heavy atom. The number of ether oxygens (including phenoxy) is 1. The molecule has 1 aromatic rings. The zero-order valence-corrected chi connectivity index (χ0v) is 10.1. The van der Waals surface area contributed by atoms with Crippen molar-refractivity contribution in [3.8, 4) is 5.75 Å². The normalized spacial score (nSPS) is 14.5. The molecule has 0 aliphatic heterocycles. The van der Waals surface area contributed by atoms with E-state index < -0.39 is 5.54 Å². The fraction of sp³-hybridized carbons (Fsp3) is 0.538.